The van der Waals surface area contributed by atoms with Gasteiger partial charge in [0.25, 0.3) is 0 Å². The van der Waals surface area contributed by atoms with E-state index in [0.29, 0.717) is 10.4 Å². The van der Waals surface area contributed by atoms with Gasteiger partial charge < -0.3 is 0 Å². The first-order valence-corrected chi connectivity index (χ1v) is 11.6. The van der Waals surface area contributed by atoms with Crippen molar-refractivity contribution in [2.45, 2.75) is 23.4 Å². The number of carbonyl (C=O) groups excluding carboxylic acids is 1. The van der Waals surface area contributed by atoms with Crippen LogP contribution in [0.25, 0.3) is 0 Å². The van der Waals surface area contributed by atoms with E-state index in [1.165, 1.54) is 41.3 Å². The van der Waals surface area contributed by atoms with Crippen LogP contribution < -0.4 is 9.62 Å². The van der Waals surface area contributed by atoms with Crippen molar-refractivity contribution in [1.29, 1.82) is 0 Å². The zero-order valence-electron chi connectivity index (χ0n) is 14.1. The molecule has 1 amide bonds. The zero-order chi connectivity index (χ0) is 19.5. The number of nitrogens with zero attached hydrogens (tertiary/aromatic N) is 3. The minimum absolute atomic E-state index is 0.192. The van der Waals surface area contributed by atoms with Gasteiger partial charge in [-0.15, -0.1) is 10.2 Å². The normalized spacial score (nSPS) is 11.6. The van der Waals surface area contributed by atoms with Gasteiger partial charge in [-0.25, -0.2) is 8.42 Å². The van der Waals surface area contributed by atoms with Gasteiger partial charge in [0.15, 0.2) is 4.34 Å². The van der Waals surface area contributed by atoms with E-state index in [4.69, 9.17) is 23.2 Å². The largest absolute Gasteiger partial charge is 0.299 e. The molecule has 7 nitrogen and oxygen atoms in total. The van der Waals surface area contributed by atoms with E-state index in [2.05, 4.69) is 15.5 Å². The Morgan fingerprint density at radius 3 is 2.58 bits per heavy atom. The Balaban J connectivity index is 2.14. The summed E-state index contributed by atoms with van der Waals surface area (Å²) in [7, 11) is -3.71. The summed E-state index contributed by atoms with van der Waals surface area (Å²) in [5.41, 5.74) is 0.241. The van der Waals surface area contributed by atoms with Crippen LogP contribution in [0.2, 0.25) is 10.0 Å². The number of hydrogen-bond donors (Lipinski definition) is 1. The first-order valence-electron chi connectivity index (χ1n) is 7.29. The van der Waals surface area contributed by atoms with Crippen LogP contribution in [0.1, 0.15) is 13.8 Å². The molecule has 0 aliphatic rings. The summed E-state index contributed by atoms with van der Waals surface area (Å²) in [6.07, 6.45) is 1.01. The SMILES string of the molecule is CC(C)Sc1nnc(NC(=O)CN(c2ccc(Cl)c(Cl)c2)S(C)(=O)=O)s1. The number of nitrogens with one attached hydrogen (secondary N) is 1. The highest BCUT2D eigenvalue weighted by Crippen LogP contribution is 2.30. The molecule has 1 aromatic heterocycles. The van der Waals surface area contributed by atoms with Crippen molar-refractivity contribution in [3.05, 3.63) is 28.2 Å². The van der Waals surface area contributed by atoms with Crippen molar-refractivity contribution in [2.24, 2.45) is 0 Å². The molecule has 26 heavy (non-hydrogen) atoms. The summed E-state index contributed by atoms with van der Waals surface area (Å²) in [5.74, 6) is -0.543. The Bertz CT molecular complexity index is 903. The second-order valence-electron chi connectivity index (χ2n) is 5.46. The maximum atomic E-state index is 12.3. The van der Waals surface area contributed by atoms with Crippen molar-refractivity contribution in [2.75, 3.05) is 22.4 Å². The molecule has 0 aliphatic heterocycles. The molecule has 0 atom stereocenters. The molecule has 0 fully saturated rings. The molecule has 1 N–H and O–H groups in total. The summed E-state index contributed by atoms with van der Waals surface area (Å²) in [4.78, 5) is 12.3. The number of aromatic nitrogens is 2. The van der Waals surface area contributed by atoms with Gasteiger partial charge in [0, 0.05) is 5.25 Å². The smallest absolute Gasteiger partial charge is 0.246 e. The highest BCUT2D eigenvalue weighted by atomic mass is 35.5. The molecule has 0 saturated carbocycles. The maximum absolute atomic E-state index is 12.3. The summed E-state index contributed by atoms with van der Waals surface area (Å²) < 4.78 is 25.8. The lowest BCUT2D eigenvalue weighted by atomic mass is 10.3. The lowest BCUT2D eigenvalue weighted by Crippen LogP contribution is -2.37. The minimum atomic E-state index is -3.71. The number of hydrogen-bond acceptors (Lipinski definition) is 7. The van der Waals surface area contributed by atoms with Crippen LogP contribution in [0.15, 0.2) is 22.5 Å². The van der Waals surface area contributed by atoms with Gasteiger partial charge in [-0.2, -0.15) is 0 Å². The fraction of sp³-hybridized carbons (Fsp3) is 0.357. The van der Waals surface area contributed by atoms with Crippen LogP contribution in [-0.2, 0) is 14.8 Å². The zero-order valence-corrected chi connectivity index (χ0v) is 18.0. The molecule has 12 heteroatoms. The third kappa shape index (κ3) is 5.98. The number of thioether (sulfide) groups is 1. The van der Waals surface area contributed by atoms with Crippen LogP contribution in [0.5, 0.6) is 0 Å². The maximum Gasteiger partial charge on any atom is 0.246 e. The predicted molar refractivity (Wildman–Crippen MR) is 108 cm³/mol. The molecule has 2 rings (SSSR count). The second kappa shape index (κ2) is 8.75. The van der Waals surface area contributed by atoms with Gasteiger partial charge in [-0.1, -0.05) is 60.1 Å². The molecule has 0 saturated heterocycles. The van der Waals surface area contributed by atoms with Crippen molar-refractivity contribution < 1.29 is 13.2 Å². The van der Waals surface area contributed by atoms with E-state index in [9.17, 15) is 13.2 Å². The van der Waals surface area contributed by atoms with Crippen molar-refractivity contribution >= 4 is 73.0 Å². The average molecular weight is 455 g/mol. The first kappa shape index (κ1) is 21.2. The molecular formula is C14H16Cl2N4O3S3. The number of sulfonamides is 1. The summed E-state index contributed by atoms with van der Waals surface area (Å²) in [6.45, 7) is 3.61. The highest BCUT2D eigenvalue weighted by molar-refractivity contribution is 8.01. The Morgan fingerprint density at radius 1 is 1.31 bits per heavy atom. The van der Waals surface area contributed by atoms with Crippen LogP contribution in [0.3, 0.4) is 0 Å². The first-order chi connectivity index (χ1) is 12.1. The number of halogens is 2. The van der Waals surface area contributed by atoms with Gasteiger partial charge in [0.2, 0.25) is 21.1 Å². The lowest BCUT2D eigenvalue weighted by molar-refractivity contribution is -0.114. The number of benzene rings is 1. The number of amides is 1. The number of carbonyl (C=O) groups is 1. The van der Waals surface area contributed by atoms with E-state index < -0.39 is 22.5 Å². The second-order valence-corrected chi connectivity index (χ2v) is 11.0. The third-order valence-corrected chi connectivity index (χ3v) is 6.67. The van der Waals surface area contributed by atoms with E-state index in [-0.39, 0.29) is 15.7 Å². The van der Waals surface area contributed by atoms with Crippen LogP contribution in [0.4, 0.5) is 10.8 Å². The Hall–Kier alpha value is -1.07. The summed E-state index contributed by atoms with van der Waals surface area (Å²) >= 11 is 14.6. The molecule has 0 bridgehead atoms. The molecule has 2 aromatic rings. The number of anilines is 2. The van der Waals surface area contributed by atoms with E-state index in [0.717, 1.165) is 14.9 Å². The molecule has 1 heterocycles. The Labute approximate surface area is 170 Å². The Morgan fingerprint density at radius 2 is 2.00 bits per heavy atom. The van der Waals surface area contributed by atoms with Gasteiger partial charge in [-0.05, 0) is 18.2 Å². The summed E-state index contributed by atoms with van der Waals surface area (Å²) in [5, 5.41) is 11.5. The molecule has 1 aromatic carbocycles. The molecule has 142 valence electrons. The molecule has 0 radical (unpaired) electrons. The lowest BCUT2D eigenvalue weighted by Gasteiger charge is -2.21. The highest BCUT2D eigenvalue weighted by Gasteiger charge is 2.22. The van der Waals surface area contributed by atoms with Gasteiger partial charge in [-0.3, -0.25) is 14.4 Å². The fourth-order valence-electron chi connectivity index (χ4n) is 1.84. The van der Waals surface area contributed by atoms with E-state index in [1.54, 1.807) is 0 Å². The Kier molecular flexibility index (Phi) is 7.14. The van der Waals surface area contributed by atoms with Crippen molar-refractivity contribution in [1.82, 2.24) is 10.2 Å². The topological polar surface area (TPSA) is 92.3 Å². The van der Waals surface area contributed by atoms with Gasteiger partial charge >= 0.3 is 0 Å². The van der Waals surface area contributed by atoms with Crippen molar-refractivity contribution in [3.8, 4) is 0 Å². The molecule has 0 aliphatic carbocycles. The average Bonchev–Trinajstić information content (AvgIpc) is 2.93. The van der Waals surface area contributed by atoms with Gasteiger partial charge in [0.1, 0.15) is 6.54 Å². The number of rotatable bonds is 7. The minimum Gasteiger partial charge on any atom is -0.299 e. The van der Waals surface area contributed by atoms with Gasteiger partial charge in [0.05, 0.1) is 22.0 Å². The third-order valence-electron chi connectivity index (χ3n) is 2.87. The van der Waals surface area contributed by atoms with Crippen molar-refractivity contribution in [3.63, 3.8) is 0 Å². The molecule has 0 unspecified atom stereocenters. The monoisotopic (exact) mass is 454 g/mol. The van der Waals surface area contributed by atoms with Crippen LogP contribution in [0, 0.1) is 0 Å². The predicted octanol–water partition coefficient (Wildman–Crippen LogP) is 3.75. The van der Waals surface area contributed by atoms with Crippen LogP contribution >= 0.6 is 46.3 Å². The quantitative estimate of drug-likeness (QED) is 0.505. The van der Waals surface area contributed by atoms with E-state index >= 15 is 0 Å². The molecular weight excluding hydrogens is 439 g/mol. The summed E-state index contributed by atoms with van der Waals surface area (Å²) in [6, 6.07) is 4.33. The standard InChI is InChI=1S/C14H16Cl2N4O3S3/c1-8(2)24-14-19-18-13(25-14)17-12(21)7-20(26(3,22)23)9-4-5-10(15)11(16)6-9/h4-6,8H,7H2,1-3H3,(H,17,18,21). The van der Waals surface area contributed by atoms with Crippen LogP contribution in [-0.4, -0.2) is 42.6 Å². The fourth-order valence-corrected chi connectivity index (χ4v) is 4.97. The van der Waals surface area contributed by atoms with E-state index in [1.807, 2.05) is 13.8 Å². The molecule has 0 spiro atoms.